The van der Waals surface area contributed by atoms with E-state index in [1.165, 1.54) is 0 Å². The molecule has 0 saturated heterocycles. The van der Waals surface area contributed by atoms with Gasteiger partial charge in [-0.3, -0.25) is 4.79 Å². The summed E-state index contributed by atoms with van der Waals surface area (Å²) >= 11 is 0. The van der Waals surface area contributed by atoms with Crippen molar-refractivity contribution in [3.63, 3.8) is 0 Å². The summed E-state index contributed by atoms with van der Waals surface area (Å²) < 4.78 is 4.58. The number of aliphatic hydroxyl groups excluding tert-OH is 1. The predicted octanol–water partition coefficient (Wildman–Crippen LogP) is 1.46. The lowest BCUT2D eigenvalue weighted by Gasteiger charge is -2.22. The standard InChI is InChI=1S/C11H14O3/c1-11(2,10(13)14-8-12)9-6-4-3-5-7-9/h3-7,12H,8H2,1-2H3. The zero-order chi connectivity index (χ0) is 10.6. The van der Waals surface area contributed by atoms with E-state index in [9.17, 15) is 4.79 Å². The van der Waals surface area contributed by atoms with Gasteiger partial charge in [0.15, 0.2) is 6.79 Å². The SMILES string of the molecule is CC(C)(C(=O)OCO)c1ccccc1. The molecule has 0 spiro atoms. The highest BCUT2D eigenvalue weighted by molar-refractivity contribution is 5.82. The Morgan fingerprint density at radius 1 is 1.36 bits per heavy atom. The molecule has 0 radical (unpaired) electrons. The van der Waals surface area contributed by atoms with E-state index in [0.717, 1.165) is 5.56 Å². The van der Waals surface area contributed by atoms with Crippen molar-refractivity contribution in [1.82, 2.24) is 0 Å². The summed E-state index contributed by atoms with van der Waals surface area (Å²) in [6.45, 7) is 2.95. The van der Waals surface area contributed by atoms with Crippen LogP contribution in [0.1, 0.15) is 19.4 Å². The first-order valence-corrected chi connectivity index (χ1v) is 4.42. The van der Waals surface area contributed by atoms with E-state index in [1.807, 2.05) is 30.3 Å². The summed E-state index contributed by atoms with van der Waals surface area (Å²) in [7, 11) is 0. The van der Waals surface area contributed by atoms with Crippen LogP contribution in [0.4, 0.5) is 0 Å². The summed E-state index contributed by atoms with van der Waals surface area (Å²) in [5, 5.41) is 8.50. The zero-order valence-corrected chi connectivity index (χ0v) is 8.36. The Morgan fingerprint density at radius 3 is 2.43 bits per heavy atom. The maximum Gasteiger partial charge on any atom is 0.318 e. The van der Waals surface area contributed by atoms with Crippen LogP contribution in [-0.4, -0.2) is 17.9 Å². The highest BCUT2D eigenvalue weighted by Crippen LogP contribution is 2.24. The number of carbonyl (C=O) groups is 1. The van der Waals surface area contributed by atoms with Gasteiger partial charge in [0.05, 0.1) is 5.41 Å². The molecule has 3 heteroatoms. The third-order valence-corrected chi connectivity index (χ3v) is 2.20. The number of rotatable bonds is 3. The first-order valence-electron chi connectivity index (χ1n) is 4.42. The minimum atomic E-state index is -0.718. The van der Waals surface area contributed by atoms with Crippen molar-refractivity contribution in [2.45, 2.75) is 19.3 Å². The van der Waals surface area contributed by atoms with Crippen LogP contribution < -0.4 is 0 Å². The lowest BCUT2D eigenvalue weighted by atomic mass is 9.85. The Bertz CT molecular complexity index is 304. The summed E-state index contributed by atoms with van der Waals surface area (Å²) in [6.07, 6.45) is 0. The van der Waals surface area contributed by atoms with Gasteiger partial charge in [0.25, 0.3) is 0 Å². The van der Waals surface area contributed by atoms with E-state index < -0.39 is 18.2 Å². The van der Waals surface area contributed by atoms with E-state index in [1.54, 1.807) is 13.8 Å². The predicted molar refractivity (Wildman–Crippen MR) is 52.6 cm³/mol. The Kier molecular flexibility index (Phi) is 3.25. The van der Waals surface area contributed by atoms with Crippen molar-refractivity contribution < 1.29 is 14.6 Å². The van der Waals surface area contributed by atoms with E-state index in [0.29, 0.717) is 0 Å². The van der Waals surface area contributed by atoms with Crippen LogP contribution in [0.5, 0.6) is 0 Å². The van der Waals surface area contributed by atoms with Crippen LogP contribution in [-0.2, 0) is 14.9 Å². The molecule has 76 valence electrons. The monoisotopic (exact) mass is 194 g/mol. The second kappa shape index (κ2) is 4.24. The van der Waals surface area contributed by atoms with Gasteiger partial charge in [-0.2, -0.15) is 0 Å². The summed E-state index contributed by atoms with van der Waals surface area (Å²) in [5.41, 5.74) is 0.155. The topological polar surface area (TPSA) is 46.5 Å². The van der Waals surface area contributed by atoms with Gasteiger partial charge in [0.2, 0.25) is 0 Å². The van der Waals surface area contributed by atoms with Gasteiger partial charge in [0, 0.05) is 0 Å². The zero-order valence-electron chi connectivity index (χ0n) is 8.36. The molecule has 0 aliphatic heterocycles. The van der Waals surface area contributed by atoms with Crippen LogP contribution in [0.25, 0.3) is 0 Å². The Labute approximate surface area is 83.3 Å². The Morgan fingerprint density at radius 2 is 1.93 bits per heavy atom. The van der Waals surface area contributed by atoms with E-state index >= 15 is 0 Å². The van der Waals surface area contributed by atoms with Crippen molar-refractivity contribution in [2.24, 2.45) is 0 Å². The molecule has 0 aliphatic rings. The van der Waals surface area contributed by atoms with Crippen LogP contribution >= 0.6 is 0 Å². The highest BCUT2D eigenvalue weighted by atomic mass is 16.6. The van der Waals surface area contributed by atoms with Gasteiger partial charge in [-0.05, 0) is 19.4 Å². The fourth-order valence-corrected chi connectivity index (χ4v) is 1.21. The number of carbonyl (C=O) groups excluding carboxylic acids is 1. The lowest BCUT2D eigenvalue weighted by molar-refractivity contribution is -0.157. The van der Waals surface area contributed by atoms with Gasteiger partial charge >= 0.3 is 5.97 Å². The van der Waals surface area contributed by atoms with Crippen LogP contribution in [0.3, 0.4) is 0 Å². The molecular formula is C11H14O3. The maximum absolute atomic E-state index is 11.5. The quantitative estimate of drug-likeness (QED) is 0.585. The first-order chi connectivity index (χ1) is 6.59. The number of hydrogen-bond donors (Lipinski definition) is 1. The lowest BCUT2D eigenvalue weighted by Crippen LogP contribution is -2.31. The van der Waals surface area contributed by atoms with Crippen molar-refractivity contribution in [1.29, 1.82) is 0 Å². The highest BCUT2D eigenvalue weighted by Gasteiger charge is 2.30. The van der Waals surface area contributed by atoms with E-state index in [4.69, 9.17) is 5.11 Å². The molecule has 0 unspecified atom stereocenters. The molecular weight excluding hydrogens is 180 g/mol. The molecule has 1 N–H and O–H groups in total. The van der Waals surface area contributed by atoms with E-state index in [-0.39, 0.29) is 0 Å². The van der Waals surface area contributed by atoms with E-state index in [2.05, 4.69) is 4.74 Å². The second-order valence-electron chi connectivity index (χ2n) is 3.55. The number of esters is 1. The minimum absolute atomic E-state index is 0.425. The maximum atomic E-state index is 11.5. The molecule has 0 amide bonds. The molecule has 0 atom stereocenters. The number of ether oxygens (including phenoxy) is 1. The van der Waals surface area contributed by atoms with Crippen molar-refractivity contribution in [3.05, 3.63) is 35.9 Å². The fourth-order valence-electron chi connectivity index (χ4n) is 1.21. The number of benzene rings is 1. The molecule has 0 fully saturated rings. The van der Waals surface area contributed by atoms with Crippen molar-refractivity contribution >= 4 is 5.97 Å². The molecule has 0 heterocycles. The molecule has 0 aliphatic carbocycles. The number of aliphatic hydroxyl groups is 1. The first kappa shape index (κ1) is 10.7. The summed E-state index contributed by atoms with van der Waals surface area (Å²) in [6, 6.07) is 9.33. The Hall–Kier alpha value is -1.35. The average Bonchev–Trinajstić information content (AvgIpc) is 2.19. The molecule has 1 aromatic carbocycles. The second-order valence-corrected chi connectivity index (χ2v) is 3.55. The molecule has 14 heavy (non-hydrogen) atoms. The normalized spacial score (nSPS) is 11.1. The molecule has 1 aromatic rings. The largest absolute Gasteiger partial charge is 0.438 e. The third-order valence-electron chi connectivity index (χ3n) is 2.20. The third kappa shape index (κ3) is 2.12. The minimum Gasteiger partial charge on any atom is -0.438 e. The van der Waals surface area contributed by atoms with Gasteiger partial charge in [-0.15, -0.1) is 0 Å². The fraction of sp³-hybridized carbons (Fsp3) is 0.364. The van der Waals surface area contributed by atoms with Gasteiger partial charge in [0.1, 0.15) is 0 Å². The number of hydrogen-bond acceptors (Lipinski definition) is 3. The van der Waals surface area contributed by atoms with Gasteiger partial charge < -0.3 is 9.84 Å². The smallest absolute Gasteiger partial charge is 0.318 e. The van der Waals surface area contributed by atoms with Crippen LogP contribution in [0, 0.1) is 0 Å². The van der Waals surface area contributed by atoms with Crippen LogP contribution in [0.15, 0.2) is 30.3 Å². The summed E-state index contributed by atoms with van der Waals surface area (Å²) in [5.74, 6) is -0.425. The Balaban J connectivity index is 2.90. The average molecular weight is 194 g/mol. The van der Waals surface area contributed by atoms with Gasteiger partial charge in [-0.1, -0.05) is 30.3 Å². The van der Waals surface area contributed by atoms with Crippen molar-refractivity contribution in [2.75, 3.05) is 6.79 Å². The summed E-state index contributed by atoms with van der Waals surface area (Å²) in [4.78, 5) is 11.5. The van der Waals surface area contributed by atoms with Crippen molar-refractivity contribution in [3.8, 4) is 0 Å². The molecule has 0 bridgehead atoms. The molecule has 0 aromatic heterocycles. The molecule has 0 saturated carbocycles. The van der Waals surface area contributed by atoms with Gasteiger partial charge in [-0.25, -0.2) is 0 Å². The molecule has 1 rings (SSSR count). The molecule has 3 nitrogen and oxygen atoms in total. The van der Waals surface area contributed by atoms with Crippen LogP contribution in [0.2, 0.25) is 0 Å².